The van der Waals surface area contributed by atoms with Crippen molar-refractivity contribution in [1.29, 1.82) is 0 Å². The standard InChI is InChI=1S/C21H15BrN2O2S/c22-16-8-11-19-18(12-16)24-20(27-19)15-6-9-17(10-7-15)23-21(25)26-13-14-4-2-1-3-5-14/h1-12H,13H2,(H,23,25). The normalized spacial score (nSPS) is 10.7. The number of nitrogens with zero attached hydrogens (tertiary/aromatic N) is 1. The van der Waals surface area contributed by atoms with Gasteiger partial charge >= 0.3 is 6.09 Å². The fourth-order valence-electron chi connectivity index (χ4n) is 2.60. The van der Waals surface area contributed by atoms with E-state index in [1.54, 1.807) is 11.3 Å². The Balaban J connectivity index is 1.41. The number of amides is 1. The molecule has 0 spiro atoms. The Kier molecular flexibility index (Phi) is 5.18. The molecule has 0 aliphatic rings. The minimum Gasteiger partial charge on any atom is -0.444 e. The first-order valence-electron chi connectivity index (χ1n) is 8.32. The predicted molar refractivity (Wildman–Crippen MR) is 113 cm³/mol. The van der Waals surface area contributed by atoms with Crippen LogP contribution in [0, 0.1) is 0 Å². The second kappa shape index (κ2) is 7.90. The van der Waals surface area contributed by atoms with Crippen LogP contribution in [-0.4, -0.2) is 11.1 Å². The molecule has 1 N–H and O–H groups in total. The number of carbonyl (C=O) groups excluding carboxylic acids is 1. The number of halogens is 1. The molecule has 134 valence electrons. The summed E-state index contributed by atoms with van der Waals surface area (Å²) in [5.74, 6) is 0. The van der Waals surface area contributed by atoms with Crippen molar-refractivity contribution in [3.05, 3.63) is 82.8 Å². The van der Waals surface area contributed by atoms with Gasteiger partial charge in [0.05, 0.1) is 10.2 Å². The molecule has 0 radical (unpaired) electrons. The number of ether oxygens (including phenoxy) is 1. The monoisotopic (exact) mass is 438 g/mol. The zero-order valence-electron chi connectivity index (χ0n) is 14.2. The minimum atomic E-state index is -0.476. The number of carbonyl (C=O) groups is 1. The average molecular weight is 439 g/mol. The van der Waals surface area contributed by atoms with Gasteiger partial charge in [-0.3, -0.25) is 5.32 Å². The zero-order chi connectivity index (χ0) is 18.6. The van der Waals surface area contributed by atoms with Gasteiger partial charge in [-0.1, -0.05) is 46.3 Å². The molecule has 0 aliphatic carbocycles. The molecule has 27 heavy (non-hydrogen) atoms. The Morgan fingerprint density at radius 1 is 1.04 bits per heavy atom. The van der Waals surface area contributed by atoms with Crippen molar-refractivity contribution in [2.75, 3.05) is 5.32 Å². The Morgan fingerprint density at radius 3 is 2.59 bits per heavy atom. The molecule has 0 saturated carbocycles. The largest absolute Gasteiger partial charge is 0.444 e. The fourth-order valence-corrected chi connectivity index (χ4v) is 3.90. The van der Waals surface area contributed by atoms with E-state index < -0.39 is 6.09 Å². The van der Waals surface area contributed by atoms with Gasteiger partial charge in [0.1, 0.15) is 11.6 Å². The zero-order valence-corrected chi connectivity index (χ0v) is 16.6. The van der Waals surface area contributed by atoms with E-state index in [-0.39, 0.29) is 6.61 Å². The van der Waals surface area contributed by atoms with Gasteiger partial charge in [-0.05, 0) is 48.0 Å². The van der Waals surface area contributed by atoms with E-state index in [0.717, 1.165) is 30.8 Å². The van der Waals surface area contributed by atoms with Crippen LogP contribution in [0.25, 0.3) is 20.8 Å². The number of aromatic nitrogens is 1. The fraction of sp³-hybridized carbons (Fsp3) is 0.0476. The number of fused-ring (bicyclic) bond motifs is 1. The lowest BCUT2D eigenvalue weighted by atomic mass is 10.2. The number of benzene rings is 3. The van der Waals surface area contributed by atoms with E-state index in [4.69, 9.17) is 4.74 Å². The van der Waals surface area contributed by atoms with E-state index in [2.05, 4.69) is 32.3 Å². The first kappa shape index (κ1) is 17.7. The molecule has 4 aromatic rings. The number of hydrogen-bond acceptors (Lipinski definition) is 4. The third kappa shape index (κ3) is 4.35. The van der Waals surface area contributed by atoms with Gasteiger partial charge in [-0.25, -0.2) is 9.78 Å². The molecule has 0 bridgehead atoms. The van der Waals surface area contributed by atoms with Crippen molar-refractivity contribution in [2.24, 2.45) is 0 Å². The molecule has 1 heterocycles. The molecule has 1 aromatic heterocycles. The summed E-state index contributed by atoms with van der Waals surface area (Å²) in [4.78, 5) is 16.6. The Hall–Kier alpha value is -2.70. The predicted octanol–water partition coefficient (Wildman–Crippen LogP) is 6.47. The Labute approximate surface area is 169 Å². The van der Waals surface area contributed by atoms with Crippen LogP contribution in [0.1, 0.15) is 5.56 Å². The van der Waals surface area contributed by atoms with E-state index in [9.17, 15) is 4.79 Å². The van der Waals surface area contributed by atoms with Crippen LogP contribution >= 0.6 is 27.3 Å². The highest BCUT2D eigenvalue weighted by atomic mass is 79.9. The molecule has 0 aliphatic heterocycles. The third-order valence-electron chi connectivity index (χ3n) is 3.94. The molecule has 0 fully saturated rings. The quantitative estimate of drug-likeness (QED) is 0.396. The second-order valence-electron chi connectivity index (χ2n) is 5.90. The SMILES string of the molecule is O=C(Nc1ccc(-c2nc3cc(Br)ccc3s2)cc1)OCc1ccccc1. The van der Waals surface area contributed by atoms with Gasteiger partial charge in [0.15, 0.2) is 0 Å². The van der Waals surface area contributed by atoms with Gasteiger partial charge in [0.25, 0.3) is 0 Å². The van der Waals surface area contributed by atoms with Crippen molar-refractivity contribution in [3.63, 3.8) is 0 Å². The van der Waals surface area contributed by atoms with Crippen LogP contribution in [0.15, 0.2) is 77.3 Å². The van der Waals surface area contributed by atoms with Gasteiger partial charge in [0.2, 0.25) is 0 Å². The Morgan fingerprint density at radius 2 is 1.81 bits per heavy atom. The van der Waals surface area contributed by atoms with Crippen molar-refractivity contribution in [3.8, 4) is 10.6 Å². The molecule has 6 heteroatoms. The lowest BCUT2D eigenvalue weighted by molar-refractivity contribution is 0.155. The van der Waals surface area contributed by atoms with Crippen molar-refractivity contribution < 1.29 is 9.53 Å². The van der Waals surface area contributed by atoms with E-state index in [0.29, 0.717) is 5.69 Å². The van der Waals surface area contributed by atoms with Crippen molar-refractivity contribution in [1.82, 2.24) is 4.98 Å². The molecule has 4 nitrogen and oxygen atoms in total. The van der Waals surface area contributed by atoms with Gasteiger partial charge in [0, 0.05) is 15.7 Å². The van der Waals surface area contributed by atoms with Crippen molar-refractivity contribution >= 4 is 49.3 Å². The summed E-state index contributed by atoms with van der Waals surface area (Å²) < 4.78 is 7.39. The summed E-state index contributed by atoms with van der Waals surface area (Å²) in [7, 11) is 0. The first-order chi connectivity index (χ1) is 13.2. The number of rotatable bonds is 4. The molecular formula is C21H15BrN2O2S. The molecule has 3 aromatic carbocycles. The number of thiazole rings is 1. The summed E-state index contributed by atoms with van der Waals surface area (Å²) in [6.45, 7) is 0.242. The summed E-state index contributed by atoms with van der Waals surface area (Å²) in [5, 5.41) is 3.69. The lowest BCUT2D eigenvalue weighted by Crippen LogP contribution is -2.13. The van der Waals surface area contributed by atoms with E-state index >= 15 is 0 Å². The van der Waals surface area contributed by atoms with Crippen LogP contribution < -0.4 is 5.32 Å². The first-order valence-corrected chi connectivity index (χ1v) is 9.92. The van der Waals surface area contributed by atoms with Crippen LogP contribution in [0.5, 0.6) is 0 Å². The van der Waals surface area contributed by atoms with Crippen LogP contribution in [0.4, 0.5) is 10.5 Å². The molecule has 0 unspecified atom stereocenters. The maximum Gasteiger partial charge on any atom is 0.411 e. The molecule has 4 rings (SSSR count). The summed E-state index contributed by atoms with van der Waals surface area (Å²) in [5.41, 5.74) is 3.61. The highest BCUT2D eigenvalue weighted by Gasteiger charge is 2.08. The third-order valence-corrected chi connectivity index (χ3v) is 5.52. The van der Waals surface area contributed by atoms with Crippen LogP contribution in [0.3, 0.4) is 0 Å². The minimum absolute atomic E-state index is 0.242. The average Bonchev–Trinajstić information content (AvgIpc) is 3.11. The maximum atomic E-state index is 11.9. The van der Waals surface area contributed by atoms with Crippen molar-refractivity contribution in [2.45, 2.75) is 6.61 Å². The van der Waals surface area contributed by atoms with E-state index in [1.807, 2.05) is 66.7 Å². The highest BCUT2D eigenvalue weighted by Crippen LogP contribution is 2.32. The van der Waals surface area contributed by atoms with Crippen LogP contribution in [-0.2, 0) is 11.3 Å². The topological polar surface area (TPSA) is 51.2 Å². The van der Waals surface area contributed by atoms with Gasteiger partial charge in [-0.15, -0.1) is 11.3 Å². The molecular weight excluding hydrogens is 424 g/mol. The summed E-state index contributed by atoms with van der Waals surface area (Å²) in [6.07, 6.45) is -0.476. The van der Waals surface area contributed by atoms with Gasteiger partial charge < -0.3 is 4.74 Å². The molecule has 1 amide bonds. The molecule has 0 atom stereocenters. The van der Waals surface area contributed by atoms with Gasteiger partial charge in [-0.2, -0.15) is 0 Å². The smallest absolute Gasteiger partial charge is 0.411 e. The summed E-state index contributed by atoms with van der Waals surface area (Å²) in [6, 6.07) is 23.2. The number of nitrogens with one attached hydrogen (secondary N) is 1. The number of anilines is 1. The van der Waals surface area contributed by atoms with E-state index in [1.165, 1.54) is 0 Å². The lowest BCUT2D eigenvalue weighted by Gasteiger charge is -2.07. The molecule has 0 saturated heterocycles. The van der Waals surface area contributed by atoms with Crippen LogP contribution in [0.2, 0.25) is 0 Å². The second-order valence-corrected chi connectivity index (χ2v) is 7.84. The highest BCUT2D eigenvalue weighted by molar-refractivity contribution is 9.10. The Bertz CT molecular complexity index is 1080. The number of hydrogen-bond donors (Lipinski definition) is 1. The summed E-state index contributed by atoms with van der Waals surface area (Å²) >= 11 is 5.11. The maximum absolute atomic E-state index is 11.9.